The molecule has 9 heteroatoms. The van der Waals surface area contributed by atoms with Crippen molar-refractivity contribution in [1.29, 1.82) is 0 Å². The maximum atomic E-state index is 13.8. The molecular formula is C15H10ClF4NO3. The first-order valence-corrected chi connectivity index (χ1v) is 6.76. The number of hydrogen-bond acceptors (Lipinski definition) is 4. The van der Waals surface area contributed by atoms with E-state index >= 15 is 0 Å². The number of rotatable bonds is 3. The van der Waals surface area contributed by atoms with E-state index in [9.17, 15) is 22.4 Å². The number of ether oxygens (including phenoxy) is 2. The SMILES string of the molecule is COC(=O)c1nc(-c2cc(F)c(C(F)(F)F)cc2OC)ccc1Cl. The summed E-state index contributed by atoms with van der Waals surface area (Å²) in [4.78, 5) is 15.5. The number of nitrogens with zero attached hydrogens (tertiary/aromatic N) is 1. The summed E-state index contributed by atoms with van der Waals surface area (Å²) in [6.07, 6.45) is -4.87. The number of methoxy groups -OCH3 is 2. The summed E-state index contributed by atoms with van der Waals surface area (Å²) < 4.78 is 61.6. The summed E-state index contributed by atoms with van der Waals surface area (Å²) in [5.41, 5.74) is -1.78. The zero-order valence-corrected chi connectivity index (χ0v) is 13.1. The fourth-order valence-corrected chi connectivity index (χ4v) is 2.15. The van der Waals surface area contributed by atoms with Crippen molar-refractivity contribution in [3.63, 3.8) is 0 Å². The monoisotopic (exact) mass is 363 g/mol. The summed E-state index contributed by atoms with van der Waals surface area (Å²) in [7, 11) is 2.25. The van der Waals surface area contributed by atoms with Crippen molar-refractivity contribution in [2.75, 3.05) is 14.2 Å². The van der Waals surface area contributed by atoms with Gasteiger partial charge in [0.1, 0.15) is 11.6 Å². The normalized spacial score (nSPS) is 11.3. The second kappa shape index (κ2) is 6.64. The van der Waals surface area contributed by atoms with Gasteiger partial charge in [0.15, 0.2) is 5.69 Å². The number of aromatic nitrogens is 1. The van der Waals surface area contributed by atoms with Gasteiger partial charge in [-0.25, -0.2) is 14.2 Å². The lowest BCUT2D eigenvalue weighted by molar-refractivity contribution is -0.140. The highest BCUT2D eigenvalue weighted by Gasteiger charge is 2.35. The van der Waals surface area contributed by atoms with Crippen molar-refractivity contribution in [2.24, 2.45) is 0 Å². The molecule has 0 saturated heterocycles. The minimum absolute atomic E-state index is 0.00396. The van der Waals surface area contributed by atoms with Crippen LogP contribution in [0.15, 0.2) is 24.3 Å². The molecule has 0 N–H and O–H groups in total. The highest BCUT2D eigenvalue weighted by Crippen LogP contribution is 2.38. The van der Waals surface area contributed by atoms with E-state index in [1.165, 1.54) is 12.1 Å². The predicted molar refractivity (Wildman–Crippen MR) is 77.5 cm³/mol. The molecule has 0 fully saturated rings. The molecule has 1 aromatic heterocycles. The second-order valence-electron chi connectivity index (χ2n) is 4.55. The Morgan fingerprint density at radius 1 is 1.21 bits per heavy atom. The minimum Gasteiger partial charge on any atom is -0.496 e. The van der Waals surface area contributed by atoms with Crippen LogP contribution in [0.1, 0.15) is 16.1 Å². The Bertz CT molecular complexity index is 793. The lowest BCUT2D eigenvalue weighted by atomic mass is 10.1. The first kappa shape index (κ1) is 18.0. The van der Waals surface area contributed by atoms with Crippen molar-refractivity contribution in [3.8, 4) is 17.0 Å². The van der Waals surface area contributed by atoms with Crippen LogP contribution in [-0.2, 0) is 10.9 Å². The predicted octanol–water partition coefficient (Wildman–Crippen LogP) is 4.36. The molecule has 0 radical (unpaired) electrons. The van der Waals surface area contributed by atoms with Crippen LogP contribution in [0.25, 0.3) is 11.3 Å². The van der Waals surface area contributed by atoms with Crippen molar-refractivity contribution in [1.82, 2.24) is 4.98 Å². The molecule has 0 atom stereocenters. The molecule has 1 aromatic carbocycles. The van der Waals surface area contributed by atoms with Crippen LogP contribution in [0.2, 0.25) is 5.02 Å². The van der Waals surface area contributed by atoms with Crippen LogP contribution in [0, 0.1) is 5.82 Å². The highest BCUT2D eigenvalue weighted by atomic mass is 35.5. The maximum absolute atomic E-state index is 13.8. The Morgan fingerprint density at radius 3 is 2.42 bits per heavy atom. The van der Waals surface area contributed by atoms with E-state index in [0.717, 1.165) is 14.2 Å². The molecule has 0 aliphatic heterocycles. The highest BCUT2D eigenvalue weighted by molar-refractivity contribution is 6.33. The quantitative estimate of drug-likeness (QED) is 0.600. The Balaban J connectivity index is 2.65. The van der Waals surface area contributed by atoms with Gasteiger partial charge in [0.2, 0.25) is 0 Å². The number of alkyl halides is 3. The largest absolute Gasteiger partial charge is 0.496 e. The molecule has 0 bridgehead atoms. The number of carbonyl (C=O) groups excluding carboxylic acids is 1. The summed E-state index contributed by atoms with van der Waals surface area (Å²) in [6, 6.07) is 3.78. The van der Waals surface area contributed by atoms with Crippen LogP contribution < -0.4 is 4.74 Å². The van der Waals surface area contributed by atoms with E-state index < -0.39 is 23.5 Å². The van der Waals surface area contributed by atoms with Crippen LogP contribution in [0.5, 0.6) is 5.75 Å². The summed E-state index contributed by atoms with van der Waals surface area (Å²) in [5, 5.41) is -0.0167. The van der Waals surface area contributed by atoms with E-state index in [0.29, 0.717) is 12.1 Å². The third kappa shape index (κ3) is 3.43. The topological polar surface area (TPSA) is 48.4 Å². The minimum atomic E-state index is -4.87. The van der Waals surface area contributed by atoms with Gasteiger partial charge >= 0.3 is 12.1 Å². The van der Waals surface area contributed by atoms with Crippen LogP contribution in [0.4, 0.5) is 17.6 Å². The van der Waals surface area contributed by atoms with Crippen molar-refractivity contribution >= 4 is 17.6 Å². The van der Waals surface area contributed by atoms with Crippen molar-refractivity contribution in [3.05, 3.63) is 46.4 Å². The number of pyridine rings is 1. The Kier molecular flexibility index (Phi) is 4.98. The molecule has 128 valence electrons. The lowest BCUT2D eigenvalue weighted by Gasteiger charge is -2.14. The van der Waals surface area contributed by atoms with Gasteiger partial charge in [-0.15, -0.1) is 0 Å². The third-order valence-corrected chi connectivity index (χ3v) is 3.40. The average molecular weight is 364 g/mol. The lowest BCUT2D eigenvalue weighted by Crippen LogP contribution is -2.10. The summed E-state index contributed by atoms with van der Waals surface area (Å²) in [6.45, 7) is 0. The second-order valence-corrected chi connectivity index (χ2v) is 4.96. The molecule has 24 heavy (non-hydrogen) atoms. The number of esters is 1. The molecule has 0 amide bonds. The molecule has 1 heterocycles. The van der Waals surface area contributed by atoms with E-state index in [1.54, 1.807) is 0 Å². The standard InChI is InChI=1S/C15H10ClF4NO3/c1-23-12-6-8(15(18,19)20)10(17)5-7(12)11-4-3-9(16)13(21-11)14(22)24-2/h3-6H,1-2H3. The number of carbonyl (C=O) groups is 1. The van der Waals surface area contributed by atoms with Crippen LogP contribution >= 0.6 is 11.6 Å². The smallest absolute Gasteiger partial charge is 0.419 e. The maximum Gasteiger partial charge on any atom is 0.419 e. The molecule has 0 saturated carbocycles. The fourth-order valence-electron chi connectivity index (χ4n) is 1.97. The average Bonchev–Trinajstić information content (AvgIpc) is 2.53. The van der Waals surface area contributed by atoms with E-state index in [1.807, 2.05) is 0 Å². The molecule has 2 aromatic rings. The van der Waals surface area contributed by atoms with Gasteiger partial charge in [-0.3, -0.25) is 0 Å². The van der Waals surface area contributed by atoms with Gasteiger partial charge in [0.25, 0.3) is 0 Å². The molecule has 0 aliphatic rings. The van der Waals surface area contributed by atoms with Crippen molar-refractivity contribution < 1.29 is 31.8 Å². The van der Waals surface area contributed by atoms with E-state index in [4.69, 9.17) is 16.3 Å². The van der Waals surface area contributed by atoms with E-state index in [-0.39, 0.29) is 27.7 Å². The first-order chi connectivity index (χ1) is 11.2. The number of benzene rings is 1. The summed E-state index contributed by atoms with van der Waals surface area (Å²) >= 11 is 5.83. The first-order valence-electron chi connectivity index (χ1n) is 6.39. The van der Waals surface area contributed by atoms with Crippen LogP contribution in [-0.4, -0.2) is 25.2 Å². The van der Waals surface area contributed by atoms with Gasteiger partial charge < -0.3 is 9.47 Å². The van der Waals surface area contributed by atoms with Crippen molar-refractivity contribution in [2.45, 2.75) is 6.18 Å². The van der Waals surface area contributed by atoms with Crippen LogP contribution in [0.3, 0.4) is 0 Å². The molecule has 4 nitrogen and oxygen atoms in total. The summed E-state index contributed by atoms with van der Waals surface area (Å²) in [5.74, 6) is -2.59. The van der Waals surface area contributed by atoms with Gasteiger partial charge in [0, 0.05) is 5.56 Å². The van der Waals surface area contributed by atoms with E-state index in [2.05, 4.69) is 9.72 Å². The number of halogens is 5. The number of hydrogen-bond donors (Lipinski definition) is 0. The third-order valence-electron chi connectivity index (χ3n) is 3.10. The van der Waals surface area contributed by atoms with Gasteiger partial charge in [-0.2, -0.15) is 13.2 Å². The molecule has 0 spiro atoms. The van der Waals surface area contributed by atoms with Gasteiger partial charge in [-0.1, -0.05) is 11.6 Å². The molecule has 2 rings (SSSR count). The Morgan fingerprint density at radius 2 is 1.88 bits per heavy atom. The Labute approximate surface area is 139 Å². The zero-order chi connectivity index (χ0) is 18.1. The zero-order valence-electron chi connectivity index (χ0n) is 12.4. The fraction of sp³-hybridized carbons (Fsp3) is 0.200. The molecular weight excluding hydrogens is 354 g/mol. The molecule has 0 aliphatic carbocycles. The Hall–Kier alpha value is -2.35. The molecule has 0 unspecified atom stereocenters. The van der Waals surface area contributed by atoms with Gasteiger partial charge in [-0.05, 0) is 24.3 Å². The van der Waals surface area contributed by atoms with Gasteiger partial charge in [0.05, 0.1) is 30.5 Å².